The monoisotopic (exact) mass is 494 g/mol. The average molecular weight is 495 g/mol. The molecule has 1 amide bonds. The van der Waals surface area contributed by atoms with Gasteiger partial charge in [0.25, 0.3) is 5.91 Å². The van der Waals surface area contributed by atoms with Crippen molar-refractivity contribution in [3.05, 3.63) is 58.6 Å². The van der Waals surface area contributed by atoms with Gasteiger partial charge in [-0.15, -0.1) is 0 Å². The zero-order chi connectivity index (χ0) is 20.6. The van der Waals surface area contributed by atoms with Gasteiger partial charge in [0, 0.05) is 21.0 Å². The first-order chi connectivity index (χ1) is 13.9. The van der Waals surface area contributed by atoms with Gasteiger partial charge in [0.1, 0.15) is 5.75 Å². The lowest BCUT2D eigenvalue weighted by molar-refractivity contribution is -0.117. The highest BCUT2D eigenvalue weighted by molar-refractivity contribution is 9.10. The molecule has 0 unspecified atom stereocenters. The number of rotatable bonds is 4. The van der Waals surface area contributed by atoms with E-state index in [2.05, 4.69) is 20.9 Å². The van der Waals surface area contributed by atoms with Crippen molar-refractivity contribution in [3.63, 3.8) is 0 Å². The van der Waals surface area contributed by atoms with Crippen molar-refractivity contribution in [3.8, 4) is 5.75 Å². The summed E-state index contributed by atoms with van der Waals surface area (Å²) in [7, 11) is -1.52. The number of anilines is 1. The molecule has 2 fully saturated rings. The van der Waals surface area contributed by atoms with Crippen LogP contribution < -0.4 is 9.64 Å². The van der Waals surface area contributed by atoms with Gasteiger partial charge in [-0.25, -0.2) is 8.42 Å². The summed E-state index contributed by atoms with van der Waals surface area (Å²) in [4.78, 5) is 19.0. The number of sulfone groups is 1. The second-order valence-corrected chi connectivity index (χ2v) is 11.2. The van der Waals surface area contributed by atoms with E-state index in [-0.39, 0.29) is 35.1 Å². The van der Waals surface area contributed by atoms with E-state index < -0.39 is 9.84 Å². The van der Waals surface area contributed by atoms with Crippen LogP contribution in [0, 0.1) is 0 Å². The summed E-state index contributed by atoms with van der Waals surface area (Å²) < 4.78 is 30.5. The molecule has 0 bridgehead atoms. The first-order valence-electron chi connectivity index (χ1n) is 9.01. The Balaban J connectivity index is 1.64. The van der Waals surface area contributed by atoms with Gasteiger partial charge in [0.15, 0.2) is 15.0 Å². The molecule has 9 heteroatoms. The van der Waals surface area contributed by atoms with E-state index >= 15 is 0 Å². The summed E-state index contributed by atoms with van der Waals surface area (Å²) in [6.45, 7) is 0. The molecule has 29 heavy (non-hydrogen) atoms. The Morgan fingerprint density at radius 3 is 2.66 bits per heavy atom. The molecule has 0 radical (unpaired) electrons. The van der Waals surface area contributed by atoms with Crippen LogP contribution in [0.1, 0.15) is 5.56 Å². The van der Waals surface area contributed by atoms with Gasteiger partial charge in [0.2, 0.25) is 0 Å². The zero-order valence-corrected chi connectivity index (χ0v) is 18.8. The Morgan fingerprint density at radius 1 is 1.21 bits per heavy atom. The maximum absolute atomic E-state index is 12.7. The molecule has 0 N–H and O–H groups in total. The molecule has 0 aliphatic carbocycles. The van der Waals surface area contributed by atoms with Crippen molar-refractivity contribution < 1.29 is 17.9 Å². The van der Waals surface area contributed by atoms with Gasteiger partial charge in [-0.3, -0.25) is 4.79 Å². The van der Waals surface area contributed by atoms with Crippen molar-refractivity contribution >= 4 is 54.3 Å². The number of methoxy groups -OCH3 is 1. The van der Waals surface area contributed by atoms with Crippen LogP contribution in [0.2, 0.25) is 0 Å². The highest BCUT2D eigenvalue weighted by Gasteiger charge is 2.49. The van der Waals surface area contributed by atoms with Gasteiger partial charge >= 0.3 is 0 Å². The third-order valence-electron chi connectivity index (χ3n) is 4.93. The number of halogens is 1. The van der Waals surface area contributed by atoms with Crippen molar-refractivity contribution in [2.24, 2.45) is 4.99 Å². The molecule has 0 aromatic heterocycles. The maximum atomic E-state index is 12.7. The number of aliphatic imine (C=N–C) groups is 1. The average Bonchev–Trinajstić information content (AvgIpc) is 3.13. The third kappa shape index (κ3) is 4.36. The van der Waals surface area contributed by atoms with Gasteiger partial charge in [-0.05, 0) is 30.3 Å². The van der Waals surface area contributed by atoms with Gasteiger partial charge in [-0.1, -0.05) is 45.9 Å². The molecule has 2 aliphatic heterocycles. The number of carbonyl (C=O) groups excluding carboxylic acids is 1. The first kappa shape index (κ1) is 20.4. The second-order valence-electron chi connectivity index (χ2n) is 6.92. The van der Waals surface area contributed by atoms with Crippen molar-refractivity contribution in [2.45, 2.75) is 17.7 Å². The minimum absolute atomic E-state index is 0.0699. The molecular formula is C20H19BrN2O4S2. The SMILES string of the molecule is COc1ccccc1CC(=O)N=C1S[C@@H]2CS(=O)(=O)C[C@@H]2N1c1ccc(Br)cc1. The van der Waals surface area contributed by atoms with E-state index in [0.717, 1.165) is 15.7 Å². The number of carbonyl (C=O) groups is 1. The highest BCUT2D eigenvalue weighted by Crippen LogP contribution is 2.41. The Morgan fingerprint density at radius 2 is 1.93 bits per heavy atom. The molecule has 0 spiro atoms. The molecular weight excluding hydrogens is 476 g/mol. The van der Waals surface area contributed by atoms with E-state index in [1.807, 2.05) is 53.4 Å². The molecule has 2 aromatic carbocycles. The summed E-state index contributed by atoms with van der Waals surface area (Å²) in [6.07, 6.45) is 0.121. The lowest BCUT2D eigenvalue weighted by atomic mass is 10.1. The number of ether oxygens (including phenoxy) is 1. The van der Waals surface area contributed by atoms with Crippen LogP contribution >= 0.6 is 27.7 Å². The Labute approximate surface area is 182 Å². The van der Waals surface area contributed by atoms with E-state index in [9.17, 15) is 13.2 Å². The smallest absolute Gasteiger partial charge is 0.252 e. The van der Waals surface area contributed by atoms with Crippen LogP contribution in [0.5, 0.6) is 5.75 Å². The van der Waals surface area contributed by atoms with Gasteiger partial charge in [-0.2, -0.15) is 4.99 Å². The summed E-state index contributed by atoms with van der Waals surface area (Å²) in [5, 5.41) is 0.429. The quantitative estimate of drug-likeness (QED) is 0.648. The number of amidine groups is 1. The molecule has 2 aliphatic rings. The standard InChI is InChI=1S/C20H19BrN2O4S2/c1-27-17-5-3-2-4-13(17)10-19(24)22-20-23(15-8-6-14(21)7-9-15)16-11-29(25,26)12-18(16)28-20/h2-9,16,18H,10-12H2,1H3/t16-,18+/m0/s1. The normalized spacial score (nSPS) is 23.9. The van der Waals surface area contributed by atoms with Crippen LogP contribution in [0.4, 0.5) is 5.69 Å². The van der Waals surface area contributed by atoms with Crippen molar-refractivity contribution in [1.29, 1.82) is 0 Å². The number of amides is 1. The van der Waals surface area contributed by atoms with E-state index in [1.54, 1.807) is 7.11 Å². The molecule has 6 nitrogen and oxygen atoms in total. The second kappa shape index (κ2) is 8.12. The molecule has 2 atom stereocenters. The minimum Gasteiger partial charge on any atom is -0.496 e. The lowest BCUT2D eigenvalue weighted by Gasteiger charge is -2.24. The zero-order valence-electron chi connectivity index (χ0n) is 15.6. The largest absolute Gasteiger partial charge is 0.496 e. The van der Waals surface area contributed by atoms with Crippen molar-refractivity contribution in [2.75, 3.05) is 23.5 Å². The number of fused-ring (bicyclic) bond motifs is 1. The summed E-state index contributed by atoms with van der Waals surface area (Å²) in [5.74, 6) is 0.532. The molecule has 152 valence electrons. The molecule has 2 aromatic rings. The Bertz CT molecular complexity index is 1070. The van der Waals surface area contributed by atoms with Crippen LogP contribution in [0.3, 0.4) is 0 Å². The van der Waals surface area contributed by atoms with Crippen LogP contribution in [-0.2, 0) is 21.1 Å². The molecule has 4 rings (SSSR count). The number of thioether (sulfide) groups is 1. The lowest BCUT2D eigenvalue weighted by Crippen LogP contribution is -2.37. The van der Waals surface area contributed by atoms with Crippen LogP contribution in [-0.4, -0.2) is 49.4 Å². The fourth-order valence-corrected chi connectivity index (χ4v) is 7.82. The van der Waals surface area contributed by atoms with Gasteiger partial charge < -0.3 is 9.64 Å². The molecule has 2 saturated heterocycles. The fourth-order valence-electron chi connectivity index (χ4n) is 3.63. The summed E-state index contributed by atoms with van der Waals surface area (Å²) in [5.41, 5.74) is 1.60. The predicted molar refractivity (Wildman–Crippen MR) is 120 cm³/mol. The van der Waals surface area contributed by atoms with Gasteiger partial charge in [0.05, 0.1) is 31.1 Å². The number of benzene rings is 2. The first-order valence-corrected chi connectivity index (χ1v) is 12.5. The summed E-state index contributed by atoms with van der Waals surface area (Å²) in [6, 6.07) is 14.7. The molecule has 0 saturated carbocycles. The number of para-hydroxylation sites is 1. The number of hydrogen-bond donors (Lipinski definition) is 0. The third-order valence-corrected chi connectivity index (χ3v) is 8.66. The predicted octanol–water partition coefficient (Wildman–Crippen LogP) is 3.30. The molecule has 2 heterocycles. The van der Waals surface area contributed by atoms with Crippen LogP contribution in [0.25, 0.3) is 0 Å². The summed E-state index contributed by atoms with van der Waals surface area (Å²) >= 11 is 4.79. The number of nitrogens with zero attached hydrogens (tertiary/aromatic N) is 2. The number of hydrogen-bond acceptors (Lipinski definition) is 5. The van der Waals surface area contributed by atoms with E-state index in [1.165, 1.54) is 11.8 Å². The topological polar surface area (TPSA) is 76.0 Å². The fraction of sp³-hybridized carbons (Fsp3) is 0.300. The minimum atomic E-state index is -3.09. The van der Waals surface area contributed by atoms with E-state index in [4.69, 9.17) is 4.74 Å². The Hall–Kier alpha value is -1.84. The maximum Gasteiger partial charge on any atom is 0.252 e. The Kier molecular flexibility index (Phi) is 5.72. The highest BCUT2D eigenvalue weighted by atomic mass is 79.9. The van der Waals surface area contributed by atoms with Crippen molar-refractivity contribution in [1.82, 2.24) is 0 Å². The van der Waals surface area contributed by atoms with E-state index in [0.29, 0.717) is 10.9 Å². The van der Waals surface area contributed by atoms with Crippen LogP contribution in [0.15, 0.2) is 58.0 Å².